The maximum Gasteiger partial charge on any atom is 0.192 e. The van der Waals surface area contributed by atoms with Crippen LogP contribution in [0.2, 0.25) is 0 Å². The molecule has 5 nitrogen and oxygen atoms in total. The van der Waals surface area contributed by atoms with Gasteiger partial charge in [-0.15, -0.1) is 0 Å². The van der Waals surface area contributed by atoms with E-state index >= 15 is 0 Å². The third-order valence-electron chi connectivity index (χ3n) is 5.28. The second kappa shape index (κ2) is 8.59. The van der Waals surface area contributed by atoms with Crippen molar-refractivity contribution in [3.8, 4) is 22.6 Å². The van der Waals surface area contributed by atoms with E-state index in [0.717, 1.165) is 40.3 Å². The second-order valence-corrected chi connectivity index (χ2v) is 7.33. The molecule has 5 heteroatoms. The van der Waals surface area contributed by atoms with Crippen LogP contribution in [0.3, 0.4) is 0 Å². The third-order valence-corrected chi connectivity index (χ3v) is 5.28. The predicted molar refractivity (Wildman–Crippen MR) is 119 cm³/mol. The quantitative estimate of drug-likeness (QED) is 0.431. The third kappa shape index (κ3) is 4.16. The first-order valence-corrected chi connectivity index (χ1v) is 9.99. The lowest BCUT2D eigenvalue weighted by molar-refractivity contribution is 0.413. The lowest BCUT2D eigenvalue weighted by atomic mass is 10.0. The van der Waals surface area contributed by atoms with Crippen LogP contribution in [0.25, 0.3) is 22.2 Å². The van der Waals surface area contributed by atoms with E-state index in [-0.39, 0.29) is 6.04 Å². The first-order valence-electron chi connectivity index (χ1n) is 9.99. The number of methoxy groups -OCH3 is 2. The average Bonchev–Trinajstić information content (AvgIpc) is 3.16. The van der Waals surface area contributed by atoms with Gasteiger partial charge >= 0.3 is 0 Å². The highest BCUT2D eigenvalue weighted by Gasteiger charge is 2.12. The first kappa shape index (κ1) is 20.0. The smallest absolute Gasteiger partial charge is 0.192 e. The van der Waals surface area contributed by atoms with Gasteiger partial charge in [0.05, 0.1) is 14.2 Å². The number of oxazole rings is 1. The van der Waals surface area contributed by atoms with Gasteiger partial charge in [-0.25, -0.2) is 4.98 Å². The standard InChI is InChI=1S/C25H26N2O3/c1-16(19-6-5-7-21(13-19)28-3)26-15-18-8-10-24(29-4)22(12-18)20-9-11-25-23(14-20)27-17(2)30-25/h5-14,16,26H,15H2,1-4H3. The molecular weight excluding hydrogens is 376 g/mol. The van der Waals surface area contributed by atoms with Crippen molar-refractivity contribution in [3.63, 3.8) is 0 Å². The van der Waals surface area contributed by atoms with E-state index in [1.165, 1.54) is 11.1 Å². The minimum Gasteiger partial charge on any atom is -0.497 e. The van der Waals surface area contributed by atoms with Gasteiger partial charge in [0.25, 0.3) is 0 Å². The van der Waals surface area contributed by atoms with Crippen LogP contribution >= 0.6 is 0 Å². The van der Waals surface area contributed by atoms with E-state index in [1.54, 1.807) is 14.2 Å². The number of hydrogen-bond acceptors (Lipinski definition) is 5. The van der Waals surface area contributed by atoms with Gasteiger partial charge < -0.3 is 19.2 Å². The number of aryl methyl sites for hydroxylation is 1. The van der Waals surface area contributed by atoms with Crippen molar-refractivity contribution in [2.24, 2.45) is 0 Å². The molecule has 1 heterocycles. The number of nitrogens with zero attached hydrogens (tertiary/aromatic N) is 1. The molecule has 0 spiro atoms. The van der Waals surface area contributed by atoms with Crippen LogP contribution < -0.4 is 14.8 Å². The van der Waals surface area contributed by atoms with Crippen molar-refractivity contribution in [1.82, 2.24) is 10.3 Å². The second-order valence-electron chi connectivity index (χ2n) is 7.33. The highest BCUT2D eigenvalue weighted by atomic mass is 16.5. The van der Waals surface area contributed by atoms with E-state index in [1.807, 2.05) is 43.3 Å². The maximum absolute atomic E-state index is 5.61. The normalized spacial score (nSPS) is 12.1. The molecule has 4 rings (SSSR count). The fourth-order valence-corrected chi connectivity index (χ4v) is 3.60. The van der Waals surface area contributed by atoms with Crippen molar-refractivity contribution >= 4 is 11.1 Å². The Hall–Kier alpha value is -3.31. The monoisotopic (exact) mass is 402 g/mol. The molecule has 0 saturated heterocycles. The average molecular weight is 402 g/mol. The lowest BCUT2D eigenvalue weighted by Crippen LogP contribution is -2.18. The summed E-state index contributed by atoms with van der Waals surface area (Å²) in [5.41, 5.74) is 6.10. The minimum absolute atomic E-state index is 0.195. The summed E-state index contributed by atoms with van der Waals surface area (Å²) in [4.78, 5) is 4.45. The van der Waals surface area contributed by atoms with E-state index < -0.39 is 0 Å². The number of rotatable bonds is 7. The summed E-state index contributed by atoms with van der Waals surface area (Å²) in [5, 5.41) is 3.59. The molecule has 3 aromatic carbocycles. The highest BCUT2D eigenvalue weighted by Crippen LogP contribution is 2.33. The fourth-order valence-electron chi connectivity index (χ4n) is 3.60. The van der Waals surface area contributed by atoms with Crippen LogP contribution in [0.1, 0.15) is 30.0 Å². The molecule has 0 radical (unpaired) electrons. The summed E-state index contributed by atoms with van der Waals surface area (Å²) in [5.74, 6) is 2.36. The fraction of sp³-hybridized carbons (Fsp3) is 0.240. The summed E-state index contributed by atoms with van der Waals surface area (Å²) >= 11 is 0. The van der Waals surface area contributed by atoms with Gasteiger partial charge in [0, 0.05) is 25.1 Å². The number of nitrogens with one attached hydrogen (secondary N) is 1. The summed E-state index contributed by atoms with van der Waals surface area (Å²) in [7, 11) is 3.38. The number of ether oxygens (including phenoxy) is 2. The van der Waals surface area contributed by atoms with Crippen molar-refractivity contribution in [2.75, 3.05) is 14.2 Å². The van der Waals surface area contributed by atoms with Crippen LogP contribution in [-0.4, -0.2) is 19.2 Å². The van der Waals surface area contributed by atoms with Crippen molar-refractivity contribution in [3.05, 3.63) is 77.7 Å². The van der Waals surface area contributed by atoms with Crippen LogP contribution in [0.4, 0.5) is 0 Å². The molecule has 0 aliphatic rings. The summed E-state index contributed by atoms with van der Waals surface area (Å²) < 4.78 is 16.6. The summed E-state index contributed by atoms with van der Waals surface area (Å²) in [6.45, 7) is 4.75. The molecule has 0 aliphatic heterocycles. The number of fused-ring (bicyclic) bond motifs is 1. The van der Waals surface area contributed by atoms with Gasteiger partial charge in [0.2, 0.25) is 0 Å². The van der Waals surface area contributed by atoms with Gasteiger partial charge in [-0.3, -0.25) is 0 Å². The van der Waals surface area contributed by atoms with E-state index in [9.17, 15) is 0 Å². The molecule has 1 atom stereocenters. The van der Waals surface area contributed by atoms with Gasteiger partial charge in [-0.1, -0.05) is 24.3 Å². The van der Waals surface area contributed by atoms with Crippen molar-refractivity contribution < 1.29 is 13.9 Å². The van der Waals surface area contributed by atoms with Gasteiger partial charge in [0.15, 0.2) is 11.5 Å². The molecule has 0 fully saturated rings. The van der Waals surface area contributed by atoms with Crippen LogP contribution in [0, 0.1) is 6.92 Å². The predicted octanol–water partition coefficient (Wildman–Crippen LogP) is 5.67. The molecule has 0 saturated carbocycles. The molecular formula is C25H26N2O3. The van der Waals surface area contributed by atoms with Crippen molar-refractivity contribution in [2.45, 2.75) is 26.4 Å². The lowest BCUT2D eigenvalue weighted by Gasteiger charge is -2.16. The Bertz CT molecular complexity index is 1170. The maximum atomic E-state index is 5.61. The van der Waals surface area contributed by atoms with E-state index in [2.05, 4.69) is 41.5 Å². The van der Waals surface area contributed by atoms with E-state index in [0.29, 0.717) is 5.89 Å². The molecule has 30 heavy (non-hydrogen) atoms. The van der Waals surface area contributed by atoms with Crippen LogP contribution in [-0.2, 0) is 6.54 Å². The van der Waals surface area contributed by atoms with Crippen LogP contribution in [0.15, 0.2) is 65.1 Å². The zero-order valence-electron chi connectivity index (χ0n) is 17.7. The minimum atomic E-state index is 0.195. The molecule has 0 amide bonds. The molecule has 1 N–H and O–H groups in total. The number of benzene rings is 3. The molecule has 1 unspecified atom stereocenters. The Kier molecular flexibility index (Phi) is 5.72. The molecule has 0 bridgehead atoms. The summed E-state index contributed by atoms with van der Waals surface area (Å²) in [6.07, 6.45) is 0. The SMILES string of the molecule is COc1cccc(C(C)NCc2ccc(OC)c(-c3ccc4oc(C)nc4c3)c2)c1. The first-order chi connectivity index (χ1) is 14.6. The Morgan fingerprint density at radius 3 is 2.67 bits per heavy atom. The number of aromatic nitrogens is 1. The molecule has 154 valence electrons. The molecule has 1 aromatic heterocycles. The zero-order chi connectivity index (χ0) is 21.1. The Balaban J connectivity index is 1.57. The topological polar surface area (TPSA) is 56.5 Å². The Morgan fingerprint density at radius 2 is 1.87 bits per heavy atom. The largest absolute Gasteiger partial charge is 0.497 e. The zero-order valence-corrected chi connectivity index (χ0v) is 17.7. The van der Waals surface area contributed by atoms with Gasteiger partial charge in [-0.05, 0) is 60.0 Å². The van der Waals surface area contributed by atoms with Crippen LogP contribution in [0.5, 0.6) is 11.5 Å². The highest BCUT2D eigenvalue weighted by molar-refractivity contribution is 5.82. The van der Waals surface area contributed by atoms with E-state index in [4.69, 9.17) is 13.9 Å². The van der Waals surface area contributed by atoms with Crippen molar-refractivity contribution in [1.29, 1.82) is 0 Å². The van der Waals surface area contributed by atoms with Gasteiger partial charge in [0.1, 0.15) is 17.0 Å². The van der Waals surface area contributed by atoms with Gasteiger partial charge in [-0.2, -0.15) is 0 Å². The molecule has 0 aliphatic carbocycles. The summed E-state index contributed by atoms with van der Waals surface area (Å²) in [6, 6.07) is 20.6. The Morgan fingerprint density at radius 1 is 1.00 bits per heavy atom. The molecule has 4 aromatic rings. The Labute approximate surface area is 176 Å². The number of hydrogen-bond donors (Lipinski definition) is 1.